The number of nitrogens with one attached hydrogen (secondary N) is 2. The highest BCUT2D eigenvalue weighted by atomic mass is 35.5. The molecule has 0 unspecified atom stereocenters. The number of ether oxygens (including phenoxy) is 1. The maximum atomic E-state index is 12.5. The average Bonchev–Trinajstić information content (AvgIpc) is 2.70. The Labute approximate surface area is 166 Å². The highest BCUT2D eigenvalue weighted by molar-refractivity contribution is 6.30. The lowest BCUT2D eigenvalue weighted by Crippen LogP contribution is -2.49. The Balaban J connectivity index is 1.79. The molecule has 0 radical (unpaired) electrons. The first kappa shape index (κ1) is 21.3. The predicted molar refractivity (Wildman–Crippen MR) is 111 cm³/mol. The van der Waals surface area contributed by atoms with Gasteiger partial charge in [-0.05, 0) is 37.6 Å². The summed E-state index contributed by atoms with van der Waals surface area (Å²) in [4.78, 5) is 21.0. The van der Waals surface area contributed by atoms with E-state index in [0.717, 1.165) is 43.3 Å². The Kier molecular flexibility index (Phi) is 9.21. The number of anilines is 1. The first-order valence-corrected chi connectivity index (χ1v) is 9.81. The summed E-state index contributed by atoms with van der Waals surface area (Å²) in [5.41, 5.74) is 1.14. The van der Waals surface area contributed by atoms with Crippen LogP contribution in [0.25, 0.3) is 0 Å². The van der Waals surface area contributed by atoms with Crippen molar-refractivity contribution >= 4 is 29.2 Å². The van der Waals surface area contributed by atoms with Crippen molar-refractivity contribution in [2.45, 2.75) is 13.3 Å². The molecule has 0 aliphatic carbocycles. The maximum absolute atomic E-state index is 12.5. The van der Waals surface area contributed by atoms with E-state index >= 15 is 0 Å². The van der Waals surface area contributed by atoms with E-state index in [4.69, 9.17) is 16.3 Å². The number of rotatable bonds is 8. The zero-order valence-corrected chi connectivity index (χ0v) is 17.0. The number of aliphatic imine (C=N–C) groups is 1. The smallest absolute Gasteiger partial charge is 0.244 e. The minimum Gasteiger partial charge on any atom is -0.385 e. The Hall–Kier alpha value is -1.99. The van der Waals surface area contributed by atoms with Gasteiger partial charge < -0.3 is 25.2 Å². The van der Waals surface area contributed by atoms with Crippen LogP contribution in [0.2, 0.25) is 5.02 Å². The van der Waals surface area contributed by atoms with Crippen LogP contribution in [0.3, 0.4) is 0 Å². The zero-order chi connectivity index (χ0) is 19.5. The SMILES string of the molecule is CCNC(=NCC(=O)N1CCN(c2ccc(Cl)cc2)CC1)NCCCOC. The molecule has 27 heavy (non-hydrogen) atoms. The lowest BCUT2D eigenvalue weighted by molar-refractivity contribution is -0.129. The molecule has 0 atom stereocenters. The minimum atomic E-state index is 0.0554. The summed E-state index contributed by atoms with van der Waals surface area (Å²) >= 11 is 5.95. The van der Waals surface area contributed by atoms with Crippen LogP contribution in [0, 0.1) is 0 Å². The number of hydrogen-bond acceptors (Lipinski definition) is 4. The molecule has 2 N–H and O–H groups in total. The number of guanidine groups is 1. The minimum absolute atomic E-state index is 0.0554. The summed E-state index contributed by atoms with van der Waals surface area (Å²) in [5.74, 6) is 0.724. The summed E-state index contributed by atoms with van der Waals surface area (Å²) in [6, 6.07) is 7.82. The van der Waals surface area contributed by atoms with Gasteiger partial charge in [0.05, 0.1) is 0 Å². The van der Waals surface area contributed by atoms with Gasteiger partial charge in [-0.25, -0.2) is 4.99 Å². The number of piperazine rings is 1. The molecule has 1 aliphatic rings. The molecular weight excluding hydrogens is 366 g/mol. The Bertz CT molecular complexity index is 601. The van der Waals surface area contributed by atoms with Crippen LogP contribution in [0.1, 0.15) is 13.3 Å². The number of hydrogen-bond donors (Lipinski definition) is 2. The summed E-state index contributed by atoms with van der Waals surface area (Å²) < 4.78 is 5.04. The Morgan fingerprint density at radius 2 is 1.89 bits per heavy atom. The van der Waals surface area contributed by atoms with Crippen LogP contribution in [0.4, 0.5) is 5.69 Å². The van der Waals surface area contributed by atoms with Crippen molar-refractivity contribution in [3.05, 3.63) is 29.3 Å². The van der Waals surface area contributed by atoms with Crippen LogP contribution in [-0.4, -0.2) is 76.3 Å². The lowest BCUT2D eigenvalue weighted by atomic mass is 10.2. The average molecular weight is 396 g/mol. The summed E-state index contributed by atoms with van der Waals surface area (Å²) in [6.07, 6.45) is 0.890. The van der Waals surface area contributed by atoms with Crippen molar-refractivity contribution in [2.24, 2.45) is 4.99 Å². The van der Waals surface area contributed by atoms with Gasteiger partial charge in [-0.3, -0.25) is 4.79 Å². The molecule has 1 aliphatic heterocycles. The van der Waals surface area contributed by atoms with Gasteiger partial charge >= 0.3 is 0 Å². The second-order valence-electron chi connectivity index (χ2n) is 6.31. The summed E-state index contributed by atoms with van der Waals surface area (Å²) in [7, 11) is 1.69. The topological polar surface area (TPSA) is 69.2 Å². The van der Waals surface area contributed by atoms with Crippen LogP contribution in [-0.2, 0) is 9.53 Å². The molecule has 1 aromatic carbocycles. The van der Waals surface area contributed by atoms with Gasteiger partial charge in [-0.2, -0.15) is 0 Å². The molecule has 7 nitrogen and oxygen atoms in total. The van der Waals surface area contributed by atoms with Crippen molar-refractivity contribution in [3.63, 3.8) is 0 Å². The fraction of sp³-hybridized carbons (Fsp3) is 0.579. The predicted octanol–water partition coefficient (Wildman–Crippen LogP) is 1.58. The quantitative estimate of drug-likeness (QED) is 0.397. The molecule has 0 aromatic heterocycles. The molecule has 1 heterocycles. The molecule has 8 heteroatoms. The second-order valence-corrected chi connectivity index (χ2v) is 6.75. The zero-order valence-electron chi connectivity index (χ0n) is 16.2. The van der Waals surface area contributed by atoms with Gasteiger partial charge in [-0.1, -0.05) is 11.6 Å². The maximum Gasteiger partial charge on any atom is 0.244 e. The number of carbonyl (C=O) groups excluding carboxylic acids is 1. The third-order valence-corrected chi connectivity index (χ3v) is 4.61. The molecule has 1 saturated heterocycles. The molecule has 1 fully saturated rings. The van der Waals surface area contributed by atoms with E-state index in [1.807, 2.05) is 36.1 Å². The third-order valence-electron chi connectivity index (χ3n) is 4.36. The van der Waals surface area contributed by atoms with E-state index in [0.29, 0.717) is 25.7 Å². The Morgan fingerprint density at radius 1 is 1.19 bits per heavy atom. The number of methoxy groups -OCH3 is 1. The third kappa shape index (κ3) is 7.27. The standard InChI is InChI=1S/C19H30ClN5O2/c1-3-21-19(22-9-4-14-27-2)23-15-18(26)25-12-10-24(11-13-25)17-7-5-16(20)6-8-17/h5-8H,3-4,9-15H2,1-2H3,(H2,21,22,23). The van der Waals surface area contributed by atoms with Crippen LogP contribution in [0.15, 0.2) is 29.3 Å². The number of halogens is 1. The van der Waals surface area contributed by atoms with Crippen LogP contribution >= 0.6 is 11.6 Å². The van der Waals surface area contributed by atoms with E-state index in [2.05, 4.69) is 20.5 Å². The van der Waals surface area contributed by atoms with E-state index < -0.39 is 0 Å². The van der Waals surface area contributed by atoms with Crippen molar-refractivity contribution < 1.29 is 9.53 Å². The van der Waals surface area contributed by atoms with Gasteiger partial charge in [0.15, 0.2) is 5.96 Å². The number of carbonyl (C=O) groups is 1. The van der Waals surface area contributed by atoms with E-state index in [-0.39, 0.29) is 12.5 Å². The normalized spacial score (nSPS) is 15.0. The number of nitrogens with zero attached hydrogens (tertiary/aromatic N) is 3. The van der Waals surface area contributed by atoms with Crippen LogP contribution in [0.5, 0.6) is 0 Å². The monoisotopic (exact) mass is 395 g/mol. The molecule has 2 rings (SSSR count). The second kappa shape index (κ2) is 11.7. The molecule has 1 aromatic rings. The molecule has 0 bridgehead atoms. The van der Waals surface area contributed by atoms with Crippen molar-refractivity contribution in [1.29, 1.82) is 0 Å². The van der Waals surface area contributed by atoms with Gasteiger partial charge in [0.1, 0.15) is 6.54 Å². The van der Waals surface area contributed by atoms with Crippen molar-refractivity contribution in [3.8, 4) is 0 Å². The summed E-state index contributed by atoms with van der Waals surface area (Å²) in [6.45, 7) is 7.40. The number of amides is 1. The fourth-order valence-corrected chi connectivity index (χ4v) is 3.00. The largest absolute Gasteiger partial charge is 0.385 e. The lowest BCUT2D eigenvalue weighted by Gasteiger charge is -2.36. The highest BCUT2D eigenvalue weighted by Crippen LogP contribution is 2.19. The van der Waals surface area contributed by atoms with E-state index in [9.17, 15) is 4.79 Å². The molecule has 0 saturated carbocycles. The van der Waals surface area contributed by atoms with E-state index in [1.165, 1.54) is 0 Å². The molecular formula is C19H30ClN5O2. The first-order chi connectivity index (χ1) is 13.1. The Morgan fingerprint density at radius 3 is 2.52 bits per heavy atom. The molecule has 0 spiro atoms. The van der Waals surface area contributed by atoms with Crippen molar-refractivity contribution in [1.82, 2.24) is 15.5 Å². The highest BCUT2D eigenvalue weighted by Gasteiger charge is 2.21. The fourth-order valence-electron chi connectivity index (χ4n) is 2.88. The molecule has 1 amide bonds. The first-order valence-electron chi connectivity index (χ1n) is 9.43. The number of benzene rings is 1. The van der Waals surface area contributed by atoms with Gasteiger partial charge in [-0.15, -0.1) is 0 Å². The van der Waals surface area contributed by atoms with Crippen molar-refractivity contribution in [2.75, 3.05) is 64.4 Å². The van der Waals surface area contributed by atoms with Crippen LogP contribution < -0.4 is 15.5 Å². The van der Waals surface area contributed by atoms with Gasteiger partial charge in [0.2, 0.25) is 5.91 Å². The van der Waals surface area contributed by atoms with E-state index in [1.54, 1.807) is 7.11 Å². The molecule has 150 valence electrons. The summed E-state index contributed by atoms with van der Waals surface area (Å²) in [5, 5.41) is 7.11. The van der Waals surface area contributed by atoms with Gasteiger partial charge in [0, 0.05) is 63.7 Å². The van der Waals surface area contributed by atoms with Gasteiger partial charge in [0.25, 0.3) is 0 Å².